The van der Waals surface area contributed by atoms with Crippen molar-refractivity contribution in [3.05, 3.63) is 58.1 Å². The van der Waals surface area contributed by atoms with E-state index in [4.69, 9.17) is 0 Å². The summed E-state index contributed by atoms with van der Waals surface area (Å²) in [7, 11) is 0. The van der Waals surface area contributed by atoms with E-state index >= 15 is 0 Å². The predicted molar refractivity (Wildman–Crippen MR) is 113 cm³/mol. The molecule has 1 aliphatic rings. The van der Waals surface area contributed by atoms with Gasteiger partial charge in [0.1, 0.15) is 12.3 Å². The molecule has 1 aromatic carbocycles. The minimum absolute atomic E-state index is 0.0234. The van der Waals surface area contributed by atoms with Gasteiger partial charge in [0.2, 0.25) is 5.91 Å². The number of aliphatic hydroxyl groups excluding tert-OH is 1. The molecule has 10 nitrogen and oxygen atoms in total. The highest BCUT2D eigenvalue weighted by Crippen LogP contribution is 2.32. The number of nitrogens with zero attached hydrogens (tertiary/aromatic N) is 4. The number of pyridine rings is 1. The molecular weight excluding hydrogens is 497 g/mol. The number of carbonyl (C=O) groups is 2. The van der Waals surface area contributed by atoms with Crippen molar-refractivity contribution < 1.29 is 41.4 Å². The number of alkyl halides is 5. The fraction of sp³-hybridized carbons (Fsp3) is 0.333. The van der Waals surface area contributed by atoms with Crippen LogP contribution in [-0.4, -0.2) is 56.5 Å². The summed E-state index contributed by atoms with van der Waals surface area (Å²) in [5.41, 5.74) is -0.933. The monoisotopic (exact) mass is 515 g/mol. The van der Waals surface area contributed by atoms with E-state index in [0.29, 0.717) is 4.68 Å². The first-order valence-corrected chi connectivity index (χ1v) is 10.4. The van der Waals surface area contributed by atoms with Gasteiger partial charge in [-0.25, -0.2) is 22.7 Å². The maximum atomic E-state index is 13.0. The Hall–Kier alpha value is -4.01. The molecule has 2 N–H and O–H groups in total. The zero-order valence-corrected chi connectivity index (χ0v) is 18.2. The molecule has 1 fully saturated rings. The SMILES string of the molecule is O=C(NCc1ccc(N2C[C@H](O)CC2=O)cc1OC(F)(F)F)c1ccc2nn(CC(F)F)c(=O)n2c1. The van der Waals surface area contributed by atoms with E-state index in [1.54, 1.807) is 0 Å². The van der Waals surface area contributed by atoms with Gasteiger partial charge in [0.25, 0.3) is 12.3 Å². The van der Waals surface area contributed by atoms with Gasteiger partial charge in [-0.1, -0.05) is 6.07 Å². The number of β-amino-alcohol motifs (C(OH)–C–C–N with tert-alkyl or cyclic N) is 1. The number of anilines is 1. The van der Waals surface area contributed by atoms with Crippen LogP contribution in [-0.2, 0) is 17.9 Å². The lowest BCUT2D eigenvalue weighted by molar-refractivity contribution is -0.274. The van der Waals surface area contributed by atoms with Gasteiger partial charge < -0.3 is 20.1 Å². The maximum absolute atomic E-state index is 13.0. The van der Waals surface area contributed by atoms with Crippen LogP contribution in [0.5, 0.6) is 5.75 Å². The number of fused-ring (bicyclic) bond motifs is 1. The third-order valence-corrected chi connectivity index (χ3v) is 5.28. The van der Waals surface area contributed by atoms with E-state index in [-0.39, 0.29) is 35.4 Å². The van der Waals surface area contributed by atoms with E-state index in [1.807, 2.05) is 0 Å². The summed E-state index contributed by atoms with van der Waals surface area (Å²) in [5.74, 6) is -1.90. The van der Waals surface area contributed by atoms with Crippen LogP contribution in [0.15, 0.2) is 41.3 Å². The van der Waals surface area contributed by atoms with Crippen molar-refractivity contribution in [1.29, 1.82) is 0 Å². The first kappa shape index (κ1) is 25.1. The van der Waals surface area contributed by atoms with Crippen molar-refractivity contribution in [3.8, 4) is 5.75 Å². The summed E-state index contributed by atoms with van der Waals surface area (Å²) < 4.78 is 69.7. The van der Waals surface area contributed by atoms with Gasteiger partial charge in [-0.2, -0.15) is 0 Å². The Labute approximate surface area is 198 Å². The molecule has 0 spiro atoms. The largest absolute Gasteiger partial charge is 0.573 e. The predicted octanol–water partition coefficient (Wildman–Crippen LogP) is 1.69. The number of hydrogen-bond donors (Lipinski definition) is 2. The molecule has 1 saturated heterocycles. The number of aromatic nitrogens is 3. The Kier molecular flexibility index (Phi) is 6.67. The molecule has 15 heteroatoms. The van der Waals surface area contributed by atoms with Crippen LogP contribution in [0.3, 0.4) is 0 Å². The molecule has 0 bridgehead atoms. The van der Waals surface area contributed by atoms with E-state index < -0.39 is 55.2 Å². The highest BCUT2D eigenvalue weighted by atomic mass is 19.4. The third-order valence-electron chi connectivity index (χ3n) is 5.28. The van der Waals surface area contributed by atoms with Gasteiger partial charge in [0.05, 0.1) is 24.6 Å². The van der Waals surface area contributed by atoms with Crippen molar-refractivity contribution in [2.45, 2.75) is 38.4 Å². The second kappa shape index (κ2) is 9.56. The molecule has 0 aliphatic carbocycles. The highest BCUT2D eigenvalue weighted by Gasteiger charge is 2.34. The second-order valence-electron chi connectivity index (χ2n) is 7.89. The molecule has 3 aromatic rings. The Bertz CT molecular complexity index is 1370. The van der Waals surface area contributed by atoms with Crippen molar-refractivity contribution in [3.63, 3.8) is 0 Å². The topological polar surface area (TPSA) is 118 Å². The molecule has 4 rings (SSSR count). The lowest BCUT2D eigenvalue weighted by atomic mass is 10.1. The summed E-state index contributed by atoms with van der Waals surface area (Å²) in [4.78, 5) is 37.9. The van der Waals surface area contributed by atoms with Crippen LogP contribution in [0.25, 0.3) is 5.65 Å². The van der Waals surface area contributed by atoms with Crippen molar-refractivity contribution >= 4 is 23.1 Å². The Morgan fingerprint density at radius 2 is 1.97 bits per heavy atom. The molecule has 3 heterocycles. The Morgan fingerprint density at radius 3 is 2.61 bits per heavy atom. The summed E-state index contributed by atoms with van der Waals surface area (Å²) in [6.45, 7) is -1.43. The molecule has 2 aromatic heterocycles. The zero-order chi connectivity index (χ0) is 26.2. The molecule has 1 atom stereocenters. The number of nitrogens with one attached hydrogen (secondary N) is 1. The van der Waals surface area contributed by atoms with Crippen LogP contribution in [0, 0.1) is 0 Å². The molecule has 0 radical (unpaired) electrons. The average molecular weight is 515 g/mol. The smallest absolute Gasteiger partial charge is 0.405 e. The van der Waals surface area contributed by atoms with E-state index in [9.17, 15) is 41.4 Å². The minimum Gasteiger partial charge on any atom is -0.405 e. The normalized spacial score (nSPS) is 16.2. The van der Waals surface area contributed by atoms with Gasteiger partial charge in [-0.3, -0.25) is 9.59 Å². The number of halogens is 5. The summed E-state index contributed by atoms with van der Waals surface area (Å²) in [6, 6.07) is 6.09. The lowest BCUT2D eigenvalue weighted by Gasteiger charge is -2.20. The summed E-state index contributed by atoms with van der Waals surface area (Å²) in [6.07, 6.45) is -7.92. The maximum Gasteiger partial charge on any atom is 0.573 e. The molecule has 0 unspecified atom stereocenters. The molecular formula is C21H18F5N5O5. The van der Waals surface area contributed by atoms with Gasteiger partial charge in [0.15, 0.2) is 5.65 Å². The van der Waals surface area contributed by atoms with Crippen LogP contribution in [0.2, 0.25) is 0 Å². The fourth-order valence-electron chi connectivity index (χ4n) is 3.70. The number of amides is 2. The van der Waals surface area contributed by atoms with Crippen molar-refractivity contribution in [1.82, 2.24) is 19.5 Å². The fourth-order valence-corrected chi connectivity index (χ4v) is 3.70. The molecule has 1 aliphatic heterocycles. The second-order valence-corrected chi connectivity index (χ2v) is 7.89. The summed E-state index contributed by atoms with van der Waals surface area (Å²) in [5, 5.41) is 15.8. The third kappa shape index (κ3) is 5.45. The average Bonchev–Trinajstić information content (AvgIpc) is 3.28. The summed E-state index contributed by atoms with van der Waals surface area (Å²) >= 11 is 0. The van der Waals surface area contributed by atoms with E-state index in [1.165, 1.54) is 24.3 Å². The van der Waals surface area contributed by atoms with Gasteiger partial charge in [-0.15, -0.1) is 18.3 Å². The molecule has 0 saturated carbocycles. The Balaban J connectivity index is 1.54. The van der Waals surface area contributed by atoms with Crippen LogP contribution in [0.4, 0.5) is 27.6 Å². The van der Waals surface area contributed by atoms with Crippen LogP contribution < -0.4 is 20.6 Å². The number of carbonyl (C=O) groups excluding carboxylic acids is 2. The van der Waals surface area contributed by atoms with E-state index in [2.05, 4.69) is 15.2 Å². The minimum atomic E-state index is -5.06. The van der Waals surface area contributed by atoms with Gasteiger partial charge in [0, 0.05) is 30.1 Å². The standard InChI is InChI=1S/C21H18F5N5O5/c22-16(23)10-31-20(35)30-8-12(2-4-17(30)28-31)19(34)27-7-11-1-3-13(5-15(11)36-21(24,25)26)29-9-14(32)6-18(29)33/h1-5,8,14,16,32H,6-7,9-10H2,(H,27,34)/t14-/m1/s1. The number of ether oxygens (including phenoxy) is 1. The molecule has 36 heavy (non-hydrogen) atoms. The number of rotatable bonds is 7. The van der Waals surface area contributed by atoms with Crippen molar-refractivity contribution in [2.24, 2.45) is 0 Å². The quantitative estimate of drug-likeness (QED) is 0.463. The van der Waals surface area contributed by atoms with Crippen molar-refractivity contribution in [2.75, 3.05) is 11.4 Å². The van der Waals surface area contributed by atoms with Crippen LogP contribution >= 0.6 is 0 Å². The van der Waals surface area contributed by atoms with E-state index in [0.717, 1.165) is 21.6 Å². The molecule has 2 amide bonds. The lowest BCUT2D eigenvalue weighted by Crippen LogP contribution is -2.27. The first-order chi connectivity index (χ1) is 16.9. The number of hydrogen-bond acceptors (Lipinski definition) is 6. The van der Waals surface area contributed by atoms with Crippen LogP contribution in [0.1, 0.15) is 22.3 Å². The molecule has 192 valence electrons. The first-order valence-electron chi connectivity index (χ1n) is 10.4. The Morgan fingerprint density at radius 1 is 1.22 bits per heavy atom. The number of benzene rings is 1. The highest BCUT2D eigenvalue weighted by molar-refractivity contribution is 5.96. The van der Waals surface area contributed by atoms with Gasteiger partial charge >= 0.3 is 12.1 Å². The van der Waals surface area contributed by atoms with Gasteiger partial charge in [-0.05, 0) is 18.2 Å². The zero-order valence-electron chi connectivity index (χ0n) is 18.2. The number of aliphatic hydroxyl groups is 1.